The van der Waals surface area contributed by atoms with Crippen LogP contribution in [-0.4, -0.2) is 37.2 Å². The van der Waals surface area contributed by atoms with Gasteiger partial charge in [-0.3, -0.25) is 9.78 Å². The van der Waals surface area contributed by atoms with Crippen molar-refractivity contribution in [2.24, 2.45) is 0 Å². The molecule has 1 fully saturated rings. The van der Waals surface area contributed by atoms with E-state index in [2.05, 4.69) is 31.1 Å². The number of benzene rings is 1. The zero-order chi connectivity index (χ0) is 16.2. The summed E-state index contributed by atoms with van der Waals surface area (Å²) in [6.45, 7) is 2.78. The number of nitrogens with zero attached hydrogens (tertiary/aromatic N) is 2. The van der Waals surface area contributed by atoms with Crippen LogP contribution in [0, 0.1) is 0 Å². The van der Waals surface area contributed by atoms with Crippen LogP contribution in [0.15, 0.2) is 41.1 Å². The average molecular weight is 397 g/mol. The first-order valence-corrected chi connectivity index (χ1v) is 8.35. The Kier molecular flexibility index (Phi) is 5.15. The van der Waals surface area contributed by atoms with Crippen molar-refractivity contribution in [3.8, 4) is 0 Å². The highest BCUT2D eigenvalue weighted by Crippen LogP contribution is 2.34. The summed E-state index contributed by atoms with van der Waals surface area (Å²) in [6.07, 6.45) is 3.16. The number of aromatic nitrogens is 1. The predicted octanol–water partition coefficient (Wildman–Crippen LogP) is 3.59. The summed E-state index contributed by atoms with van der Waals surface area (Å²) >= 11 is 9.68. The fourth-order valence-electron chi connectivity index (χ4n) is 2.46. The molecule has 5 nitrogen and oxygen atoms in total. The largest absolute Gasteiger partial charge is 0.378 e. The summed E-state index contributed by atoms with van der Waals surface area (Å²) in [7, 11) is 0. The number of amides is 1. The normalized spacial score (nSPS) is 14.6. The first kappa shape index (κ1) is 16.2. The molecule has 1 amide bonds. The lowest BCUT2D eigenvalue weighted by Gasteiger charge is -2.31. The fourth-order valence-corrected chi connectivity index (χ4v) is 3.11. The Balaban J connectivity index is 1.87. The van der Waals surface area contributed by atoms with Crippen LogP contribution in [0.2, 0.25) is 5.02 Å². The van der Waals surface area contributed by atoms with Gasteiger partial charge in [0.2, 0.25) is 0 Å². The van der Waals surface area contributed by atoms with Crippen molar-refractivity contribution >= 4 is 44.8 Å². The molecule has 0 unspecified atom stereocenters. The Morgan fingerprint density at radius 1 is 1.30 bits per heavy atom. The van der Waals surface area contributed by atoms with Gasteiger partial charge in [-0.2, -0.15) is 0 Å². The summed E-state index contributed by atoms with van der Waals surface area (Å²) in [6, 6.07) is 7.21. The molecule has 1 saturated heterocycles. The molecule has 1 aromatic heterocycles. The number of morpholine rings is 1. The number of pyridine rings is 1. The molecule has 3 rings (SSSR count). The number of anilines is 2. The number of carbonyl (C=O) groups excluding carboxylic acids is 1. The molecule has 7 heteroatoms. The molecule has 0 atom stereocenters. The van der Waals surface area contributed by atoms with Crippen LogP contribution in [0.3, 0.4) is 0 Å². The minimum absolute atomic E-state index is 0.226. The molecule has 0 aliphatic carbocycles. The molecule has 120 valence electrons. The minimum atomic E-state index is -0.226. The van der Waals surface area contributed by atoms with Crippen LogP contribution in [0.4, 0.5) is 11.4 Å². The van der Waals surface area contributed by atoms with Gasteiger partial charge in [-0.05, 0) is 34.1 Å². The molecule has 1 aliphatic rings. The van der Waals surface area contributed by atoms with Gasteiger partial charge in [-0.25, -0.2) is 0 Å². The van der Waals surface area contributed by atoms with Gasteiger partial charge >= 0.3 is 0 Å². The topological polar surface area (TPSA) is 54.5 Å². The van der Waals surface area contributed by atoms with Crippen molar-refractivity contribution < 1.29 is 9.53 Å². The number of carbonyl (C=O) groups is 1. The van der Waals surface area contributed by atoms with E-state index in [4.69, 9.17) is 16.3 Å². The van der Waals surface area contributed by atoms with E-state index >= 15 is 0 Å². The third kappa shape index (κ3) is 3.83. The standard InChI is InChI=1S/C16H15BrClN3O2/c17-12-8-11(9-19-10-12)16(22)20-14-3-1-2-13(18)15(14)21-4-6-23-7-5-21/h1-3,8-10H,4-7H2,(H,20,22). The third-order valence-electron chi connectivity index (χ3n) is 3.53. The maximum Gasteiger partial charge on any atom is 0.257 e. The number of ether oxygens (including phenoxy) is 1. The summed E-state index contributed by atoms with van der Waals surface area (Å²) in [5.41, 5.74) is 1.99. The predicted molar refractivity (Wildman–Crippen MR) is 94.4 cm³/mol. The molecular formula is C16H15BrClN3O2. The van der Waals surface area contributed by atoms with Gasteiger partial charge < -0.3 is 15.0 Å². The molecule has 23 heavy (non-hydrogen) atoms. The maximum atomic E-state index is 12.5. The second-order valence-corrected chi connectivity index (χ2v) is 6.40. The smallest absolute Gasteiger partial charge is 0.257 e. The Morgan fingerprint density at radius 2 is 2.09 bits per heavy atom. The Hall–Kier alpha value is -1.63. The summed E-state index contributed by atoms with van der Waals surface area (Å²) in [5, 5.41) is 3.53. The van der Waals surface area contributed by atoms with Crippen molar-refractivity contribution in [1.29, 1.82) is 0 Å². The van der Waals surface area contributed by atoms with Crippen molar-refractivity contribution in [3.63, 3.8) is 0 Å². The Bertz CT molecular complexity index is 720. The minimum Gasteiger partial charge on any atom is -0.378 e. The van der Waals surface area contributed by atoms with Gasteiger partial charge in [-0.1, -0.05) is 17.7 Å². The lowest BCUT2D eigenvalue weighted by Crippen LogP contribution is -2.37. The van der Waals surface area contributed by atoms with Crippen molar-refractivity contribution in [2.45, 2.75) is 0 Å². The van der Waals surface area contributed by atoms with Crippen molar-refractivity contribution in [2.75, 3.05) is 36.5 Å². The van der Waals surface area contributed by atoms with Crippen LogP contribution in [0.1, 0.15) is 10.4 Å². The van der Waals surface area contributed by atoms with Crippen molar-refractivity contribution in [3.05, 3.63) is 51.7 Å². The number of halogens is 2. The molecule has 1 N–H and O–H groups in total. The number of hydrogen-bond acceptors (Lipinski definition) is 4. The van der Waals surface area contributed by atoms with Crippen LogP contribution >= 0.6 is 27.5 Å². The summed E-state index contributed by atoms with van der Waals surface area (Å²) < 4.78 is 6.13. The zero-order valence-corrected chi connectivity index (χ0v) is 14.6. The summed E-state index contributed by atoms with van der Waals surface area (Å²) in [5.74, 6) is -0.226. The highest BCUT2D eigenvalue weighted by atomic mass is 79.9. The van der Waals surface area contributed by atoms with Crippen LogP contribution in [-0.2, 0) is 4.74 Å². The molecule has 0 radical (unpaired) electrons. The molecule has 0 spiro atoms. The van der Waals surface area contributed by atoms with E-state index in [0.717, 1.165) is 23.2 Å². The van der Waals surface area contributed by atoms with Gasteiger partial charge in [0.15, 0.2) is 0 Å². The zero-order valence-electron chi connectivity index (χ0n) is 12.3. The molecule has 1 aromatic carbocycles. The van der Waals surface area contributed by atoms with Crippen LogP contribution < -0.4 is 10.2 Å². The molecule has 0 bridgehead atoms. The monoisotopic (exact) mass is 395 g/mol. The molecule has 0 saturated carbocycles. The highest BCUT2D eigenvalue weighted by Gasteiger charge is 2.19. The lowest BCUT2D eigenvalue weighted by molar-refractivity contribution is 0.102. The quantitative estimate of drug-likeness (QED) is 0.861. The maximum absolute atomic E-state index is 12.5. The highest BCUT2D eigenvalue weighted by molar-refractivity contribution is 9.10. The number of rotatable bonds is 3. The van der Waals surface area contributed by atoms with Gasteiger partial charge in [0.1, 0.15) is 0 Å². The van der Waals surface area contributed by atoms with E-state index in [-0.39, 0.29) is 5.91 Å². The average Bonchev–Trinajstić information content (AvgIpc) is 2.56. The Morgan fingerprint density at radius 3 is 2.83 bits per heavy atom. The van der Waals surface area contributed by atoms with Crippen LogP contribution in [0.25, 0.3) is 0 Å². The van der Waals surface area contributed by atoms with E-state index in [0.29, 0.717) is 29.5 Å². The SMILES string of the molecule is O=C(Nc1cccc(Cl)c1N1CCOCC1)c1cncc(Br)c1. The summed E-state index contributed by atoms with van der Waals surface area (Å²) in [4.78, 5) is 18.6. The van der Waals surface area contributed by atoms with E-state index in [9.17, 15) is 4.79 Å². The first-order valence-electron chi connectivity index (χ1n) is 7.18. The molecular weight excluding hydrogens is 382 g/mol. The molecule has 2 heterocycles. The van der Waals surface area contributed by atoms with E-state index in [1.165, 1.54) is 6.20 Å². The van der Waals surface area contributed by atoms with E-state index < -0.39 is 0 Å². The van der Waals surface area contributed by atoms with E-state index in [1.54, 1.807) is 12.3 Å². The van der Waals surface area contributed by atoms with E-state index in [1.807, 2.05) is 18.2 Å². The fraction of sp³-hybridized carbons (Fsp3) is 0.250. The second-order valence-electron chi connectivity index (χ2n) is 5.08. The van der Waals surface area contributed by atoms with Crippen molar-refractivity contribution in [1.82, 2.24) is 4.98 Å². The third-order valence-corrected chi connectivity index (χ3v) is 4.27. The van der Waals surface area contributed by atoms with Crippen LogP contribution in [0.5, 0.6) is 0 Å². The molecule has 1 aliphatic heterocycles. The first-order chi connectivity index (χ1) is 11.1. The molecule has 2 aromatic rings. The van der Waals surface area contributed by atoms with Gasteiger partial charge in [-0.15, -0.1) is 0 Å². The lowest BCUT2D eigenvalue weighted by atomic mass is 10.2. The Labute approximate surface area is 147 Å². The van der Waals surface area contributed by atoms with Gasteiger partial charge in [0.05, 0.1) is 35.2 Å². The van der Waals surface area contributed by atoms with Gasteiger partial charge in [0, 0.05) is 30.0 Å². The number of hydrogen-bond donors (Lipinski definition) is 1. The number of para-hydroxylation sites is 1. The van der Waals surface area contributed by atoms with Gasteiger partial charge in [0.25, 0.3) is 5.91 Å². The number of nitrogens with one attached hydrogen (secondary N) is 1. The second kappa shape index (κ2) is 7.29.